The zero-order chi connectivity index (χ0) is 101. The average Bonchev–Trinajstić information content (AvgIpc) is 1.66. The van der Waals surface area contributed by atoms with E-state index in [2.05, 4.69) is 4.98 Å². The van der Waals surface area contributed by atoms with E-state index in [9.17, 15) is 94.5 Å². The summed E-state index contributed by atoms with van der Waals surface area (Å²) in [5.41, 5.74) is 2.22. The second kappa shape index (κ2) is 64.5. The van der Waals surface area contributed by atoms with E-state index < -0.39 is 159 Å². The summed E-state index contributed by atoms with van der Waals surface area (Å²) in [7, 11) is 0. The van der Waals surface area contributed by atoms with Crippen LogP contribution in [0.5, 0.6) is 0 Å². The van der Waals surface area contributed by atoms with Gasteiger partial charge < -0.3 is 153 Å². The monoisotopic (exact) mass is 1940 g/mol. The lowest BCUT2D eigenvalue weighted by Crippen LogP contribution is -2.49. The van der Waals surface area contributed by atoms with Gasteiger partial charge in [0.25, 0.3) is 0 Å². The maximum Gasteiger partial charge on any atom is 0.340 e. The summed E-state index contributed by atoms with van der Waals surface area (Å²) in [4.78, 5) is 90.4. The van der Waals surface area contributed by atoms with Crippen LogP contribution in [0.2, 0.25) is 0 Å². The van der Waals surface area contributed by atoms with Crippen LogP contribution in [0.4, 0.5) is 0 Å². The molecule has 39 nitrogen and oxygen atoms in total. The molecule has 6 saturated heterocycles. The fraction of sp³-hybridized carbons (Fsp3) is 0.711. The number of carboxylic acids is 6. The molecule has 0 bridgehead atoms. The predicted octanol–water partition coefficient (Wildman–Crippen LogP) is 9.24. The number of aromatic amines is 1. The lowest BCUT2D eigenvalue weighted by molar-refractivity contribution is -0.273. The normalized spacial score (nSPS) is 29.7. The number of aromatic carboxylic acids is 1. The number of aliphatic hydroxyl groups excluding tert-OH is 11. The molecule has 0 radical (unpaired) electrons. The highest BCUT2D eigenvalue weighted by Gasteiger charge is 2.42. The number of carbonyl (C=O) groups excluding carboxylic acids is 2. The van der Waals surface area contributed by atoms with E-state index in [1.807, 2.05) is 58.9 Å². The first-order chi connectivity index (χ1) is 64.2. The Hall–Kier alpha value is -7.76. The Bertz CT molecular complexity index is 4010. The van der Waals surface area contributed by atoms with Gasteiger partial charge in [0.15, 0.2) is 43.5 Å². The number of hydrogen-bond donors (Lipinski definition) is 18. The summed E-state index contributed by atoms with van der Waals surface area (Å²) in [5, 5.41) is 160. The second-order valence-electron chi connectivity index (χ2n) is 35.7. The van der Waals surface area contributed by atoms with Crippen molar-refractivity contribution in [3.63, 3.8) is 0 Å². The summed E-state index contributed by atoms with van der Waals surface area (Å²) in [6.07, 6.45) is 8.25. The molecule has 6 aliphatic heterocycles. The molecular formula is C97H153NO38. The van der Waals surface area contributed by atoms with Crippen molar-refractivity contribution in [1.29, 1.82) is 0 Å². The second-order valence-corrected chi connectivity index (χ2v) is 35.7. The van der Waals surface area contributed by atoms with Crippen LogP contribution in [0.15, 0.2) is 91.2 Å². The van der Waals surface area contributed by atoms with Gasteiger partial charge in [-0.2, -0.15) is 0 Å². The van der Waals surface area contributed by atoms with Crippen LogP contribution in [0.3, 0.4) is 0 Å². The highest BCUT2D eigenvalue weighted by atomic mass is 16.7. The third kappa shape index (κ3) is 48.4. The molecule has 774 valence electrons. The number of aromatic nitrogens is 1. The number of ketones is 1. The molecule has 30 atom stereocenters. The highest BCUT2D eigenvalue weighted by molar-refractivity contribution is 6.04. The van der Waals surface area contributed by atoms with E-state index in [1.165, 1.54) is 18.2 Å². The highest BCUT2D eigenvalue weighted by Crippen LogP contribution is 2.32. The number of para-hydroxylation sites is 1. The first-order valence-corrected chi connectivity index (χ1v) is 47.3. The molecule has 7 heterocycles. The van der Waals surface area contributed by atoms with Gasteiger partial charge in [-0.05, 0) is 190 Å². The Kier molecular flexibility index (Phi) is 57.2. The predicted molar refractivity (Wildman–Crippen MR) is 491 cm³/mol. The summed E-state index contributed by atoms with van der Waals surface area (Å²) in [6.45, 7) is 21.6. The maximum atomic E-state index is 12.6. The summed E-state index contributed by atoms with van der Waals surface area (Å²) >= 11 is 0. The van der Waals surface area contributed by atoms with Gasteiger partial charge >= 0.3 is 41.8 Å². The Balaban J connectivity index is 0.000000344. The number of allylic oxidation sites excluding steroid dienone is 4. The molecule has 136 heavy (non-hydrogen) atoms. The van der Waals surface area contributed by atoms with Gasteiger partial charge in [-0.3, -0.25) is 19.2 Å². The van der Waals surface area contributed by atoms with Crippen molar-refractivity contribution in [2.24, 2.45) is 0 Å². The number of hydrogen-bond acceptors (Lipinski definition) is 32. The van der Waals surface area contributed by atoms with Crippen molar-refractivity contribution in [3.05, 3.63) is 108 Å². The van der Waals surface area contributed by atoms with Crippen LogP contribution >= 0.6 is 0 Å². The van der Waals surface area contributed by atoms with E-state index in [0.29, 0.717) is 50.5 Å². The molecule has 18 N–H and O–H groups in total. The average molecular weight is 1940 g/mol. The molecule has 3 aromatic rings. The standard InChI is InChI=1S/C21H28O7.C20H25NO7.C15H28O6.C15H26O6.C13H24O6.C13H22O6/c1-13(27-21-19(24)12-18(23)14(2)28-21)5-3-4-6-17(22)11-15-7-9-16(10-8-15)20(25)26;1-11(7-8-18(23)24)26-20-16(22)9-17(12(2)27-20)28-19(25)14-10-21-15-6-4-3-5-13(14)15;2*1-10(7-5-3-4-6-8-14(18)19)20-15-13(17)9-12(16)11(2)21-15;2*1-8(5-3-4-6-12(16)17)18-13-11(15)7-10(14)9(2)19-13/h4,6-10,13-14,18-19,21,23-24H,3,5,11-12H2,1-2H3,(H,25,26);3-6,10-12,16-17,20-22H,7-9H2,1-2H3,(H,23,24);10-13,15-17H,3-9H2,1-2H3,(H,18,19);6,8,10-13,15-17H,3-5,7,9H2,1-2H3,(H,18,19);8-11,13-15H,3-7H2,1-2H3,(H,16,17);4,6,8-11,13-15H,3,5,7H2,1-2H3,(H,16,17)/b6-4+;;;8-6+;;6-4+/t13-,14?,18-,19?,21-;11-,12?,16?,17-,20-;2*10-,11?,12-,13?,15-;2*8-,9?,10-,11?,13-/m111111/s1. The number of carbonyl (C=O) groups is 8. The fourth-order valence-electron chi connectivity index (χ4n) is 14.8. The van der Waals surface area contributed by atoms with E-state index >= 15 is 0 Å². The molecular weight excluding hydrogens is 1790 g/mol. The van der Waals surface area contributed by atoms with Crippen molar-refractivity contribution >= 4 is 58.5 Å². The number of benzene rings is 2. The summed E-state index contributed by atoms with van der Waals surface area (Å²) in [6, 6.07) is 13.7. The smallest absolute Gasteiger partial charge is 0.340 e. The van der Waals surface area contributed by atoms with Crippen LogP contribution in [0, 0.1) is 0 Å². The zero-order valence-corrected chi connectivity index (χ0v) is 80.2. The zero-order valence-electron chi connectivity index (χ0n) is 80.2. The Morgan fingerprint density at radius 3 is 1.07 bits per heavy atom. The van der Waals surface area contributed by atoms with Crippen LogP contribution in [0.1, 0.15) is 276 Å². The van der Waals surface area contributed by atoms with Gasteiger partial charge in [0.1, 0.15) is 42.7 Å². The first kappa shape index (κ1) is 121. The van der Waals surface area contributed by atoms with Gasteiger partial charge in [0.2, 0.25) is 0 Å². The summed E-state index contributed by atoms with van der Waals surface area (Å²) in [5.74, 6) is -5.88. The number of rotatable bonds is 46. The third-order valence-electron chi connectivity index (χ3n) is 23.2. The minimum Gasteiger partial charge on any atom is -0.481 e. The lowest BCUT2D eigenvalue weighted by Gasteiger charge is -2.38. The topological polar surface area (TPSA) is 616 Å². The summed E-state index contributed by atoms with van der Waals surface area (Å²) < 4.78 is 72.3. The van der Waals surface area contributed by atoms with Crippen molar-refractivity contribution < 1.29 is 187 Å². The molecule has 1 aromatic heterocycles. The number of carboxylic acid groups (broad SMARTS) is 6. The number of fused-ring (bicyclic) bond motifs is 1. The molecule has 0 saturated carbocycles. The van der Waals surface area contributed by atoms with Crippen LogP contribution in [-0.4, -0.2) is 324 Å². The van der Waals surface area contributed by atoms with Crippen molar-refractivity contribution in [2.45, 2.75) is 441 Å². The van der Waals surface area contributed by atoms with Gasteiger partial charge in [-0.25, -0.2) is 19.2 Å². The number of esters is 1. The number of aliphatic hydroxyl groups is 11. The van der Waals surface area contributed by atoms with Crippen LogP contribution < -0.4 is 0 Å². The van der Waals surface area contributed by atoms with Crippen molar-refractivity contribution in [3.8, 4) is 0 Å². The van der Waals surface area contributed by atoms with Crippen molar-refractivity contribution in [2.75, 3.05) is 0 Å². The van der Waals surface area contributed by atoms with Crippen molar-refractivity contribution in [1.82, 2.24) is 4.98 Å². The van der Waals surface area contributed by atoms with E-state index in [-0.39, 0.29) is 143 Å². The van der Waals surface area contributed by atoms with E-state index in [0.717, 1.165) is 92.8 Å². The Morgan fingerprint density at radius 1 is 0.360 bits per heavy atom. The molecule has 39 heteroatoms. The molecule has 0 spiro atoms. The molecule has 6 aliphatic rings. The fourth-order valence-corrected chi connectivity index (χ4v) is 14.8. The number of nitrogens with one attached hydrogen (secondary N) is 1. The third-order valence-corrected chi connectivity index (χ3v) is 23.2. The molecule has 0 aliphatic carbocycles. The Morgan fingerprint density at radius 2 is 0.684 bits per heavy atom. The minimum atomic E-state index is -0.995. The molecule has 6 fully saturated rings. The Labute approximate surface area is 795 Å². The number of ether oxygens (including phenoxy) is 13. The first-order valence-electron chi connectivity index (χ1n) is 47.3. The lowest BCUT2D eigenvalue weighted by atomic mass is 10.0. The van der Waals surface area contributed by atoms with Gasteiger partial charge in [0, 0.05) is 93.5 Å². The number of unbranched alkanes of at least 4 members (excludes halogenated alkanes) is 6. The maximum absolute atomic E-state index is 12.6. The largest absolute Gasteiger partial charge is 0.481 e. The van der Waals surface area contributed by atoms with Gasteiger partial charge in [-0.1, -0.05) is 80.7 Å². The van der Waals surface area contributed by atoms with E-state index in [4.69, 9.17) is 92.2 Å². The SMILES string of the molecule is CC1O[C@@H](O[C@H](C)CC/C=C/C(=O)Cc2ccc(C(=O)O)cc2)C(O)C[C@H]1O.CC1O[C@@H](O[C@H](C)CC/C=C/C(=O)O)C(O)C[C@H]1O.CC1O[C@@H](O[C@H](C)CCC(=O)O)C(O)C[C@H]1OC(=O)c1c[nH]c2ccccc12.CC1O[C@@H](O[C@H](C)CCCC/C=C/C(=O)O)C(O)C[C@H]1O.CC1O[C@@H](O[C@H](C)CCCCC(=O)O)C(O)C[C@H]1O.CC1O[C@@H](O[C@H](C)CCCCCCC(=O)O)C(O)C[C@H]1O. The molecule has 9 rings (SSSR count). The molecule has 0 amide bonds. The quantitative estimate of drug-likeness (QED) is 0.0142. The minimum absolute atomic E-state index is 0.0234. The molecule has 2 aromatic carbocycles. The van der Waals surface area contributed by atoms with E-state index in [1.54, 1.807) is 85.0 Å². The van der Waals surface area contributed by atoms with Gasteiger partial charge in [0.05, 0.1) is 115 Å². The number of H-pyrrole nitrogens is 1. The van der Waals surface area contributed by atoms with Gasteiger partial charge in [-0.15, -0.1) is 0 Å². The molecule has 12 unspecified atom stereocenters. The van der Waals surface area contributed by atoms with Crippen LogP contribution in [-0.2, 0) is 96.8 Å². The number of aliphatic carboxylic acids is 5. The van der Waals surface area contributed by atoms with Crippen LogP contribution in [0.25, 0.3) is 10.9 Å².